The van der Waals surface area contributed by atoms with E-state index in [1.165, 1.54) is 27.6 Å². The first-order chi connectivity index (χ1) is 15.6. The summed E-state index contributed by atoms with van der Waals surface area (Å²) in [6, 6.07) is 19.0. The molecule has 7 nitrogen and oxygen atoms in total. The van der Waals surface area contributed by atoms with E-state index in [1.54, 1.807) is 6.20 Å². The number of hydrogen-bond acceptors (Lipinski definition) is 5. The van der Waals surface area contributed by atoms with E-state index in [4.69, 9.17) is 0 Å². The molecule has 5 rings (SSSR count). The molecule has 3 aromatic heterocycles. The Morgan fingerprint density at radius 1 is 0.844 bits per heavy atom. The van der Waals surface area contributed by atoms with Gasteiger partial charge in [0.25, 0.3) is 0 Å². The van der Waals surface area contributed by atoms with Gasteiger partial charge in [0.15, 0.2) is 0 Å². The second-order valence-corrected chi connectivity index (χ2v) is 8.33. The van der Waals surface area contributed by atoms with Gasteiger partial charge < -0.3 is 25.5 Å². The molecule has 5 aromatic rings. The van der Waals surface area contributed by atoms with Crippen molar-refractivity contribution in [1.82, 2.24) is 24.8 Å². The molecule has 4 N–H and O–H groups in total. The Balaban J connectivity index is 1.21. The third-order valence-corrected chi connectivity index (χ3v) is 5.43. The van der Waals surface area contributed by atoms with Crippen molar-refractivity contribution >= 4 is 33.6 Å². The Bertz CT molecular complexity index is 1350. The van der Waals surface area contributed by atoms with Crippen LogP contribution < -0.4 is 10.6 Å². The zero-order valence-electron chi connectivity index (χ0n) is 18.3. The number of fused-ring (bicyclic) bond motifs is 2. The Kier molecular flexibility index (Phi) is 5.47. The van der Waals surface area contributed by atoms with Gasteiger partial charge in [0, 0.05) is 54.1 Å². The molecule has 0 radical (unpaired) electrons. The number of aromatic nitrogens is 4. The SMILES string of the molecule is CN(C)Cc1cc2cc(CNc3nccc(NCc4ccc5[nH]ccc5c4)n3)ccc2[nH]1. The van der Waals surface area contributed by atoms with Gasteiger partial charge in [0.1, 0.15) is 5.82 Å². The lowest BCUT2D eigenvalue weighted by molar-refractivity contribution is 0.398. The van der Waals surface area contributed by atoms with Crippen molar-refractivity contribution in [3.8, 4) is 0 Å². The monoisotopic (exact) mass is 425 g/mol. The van der Waals surface area contributed by atoms with E-state index in [1.807, 2.05) is 12.3 Å². The third-order valence-electron chi connectivity index (χ3n) is 5.43. The van der Waals surface area contributed by atoms with Gasteiger partial charge in [0.2, 0.25) is 5.95 Å². The van der Waals surface area contributed by atoms with Gasteiger partial charge in [0.05, 0.1) is 0 Å². The summed E-state index contributed by atoms with van der Waals surface area (Å²) in [5.41, 5.74) is 5.92. The molecule has 0 aliphatic carbocycles. The molecule has 0 saturated carbocycles. The number of nitrogens with one attached hydrogen (secondary N) is 4. The number of aromatic amines is 2. The van der Waals surface area contributed by atoms with Gasteiger partial charge >= 0.3 is 0 Å². The normalized spacial score (nSPS) is 11.5. The van der Waals surface area contributed by atoms with Gasteiger partial charge in [-0.2, -0.15) is 4.98 Å². The first kappa shape index (κ1) is 20.1. The van der Waals surface area contributed by atoms with Crippen molar-refractivity contribution in [1.29, 1.82) is 0 Å². The average molecular weight is 426 g/mol. The van der Waals surface area contributed by atoms with Crippen LogP contribution in [0, 0.1) is 0 Å². The zero-order chi connectivity index (χ0) is 21.9. The van der Waals surface area contributed by atoms with Crippen LogP contribution >= 0.6 is 0 Å². The van der Waals surface area contributed by atoms with E-state index in [-0.39, 0.29) is 0 Å². The molecular weight excluding hydrogens is 398 g/mol. The van der Waals surface area contributed by atoms with E-state index in [0.717, 1.165) is 23.4 Å². The number of rotatable bonds is 8. The van der Waals surface area contributed by atoms with E-state index in [2.05, 4.69) is 98.1 Å². The van der Waals surface area contributed by atoms with Crippen molar-refractivity contribution in [2.24, 2.45) is 0 Å². The molecule has 0 fully saturated rings. The van der Waals surface area contributed by atoms with Gasteiger partial charge in [-0.15, -0.1) is 0 Å². The molecule has 0 bridgehead atoms. The first-order valence-electron chi connectivity index (χ1n) is 10.7. The summed E-state index contributed by atoms with van der Waals surface area (Å²) in [6.45, 7) is 2.27. The molecular formula is C25H27N7. The highest BCUT2D eigenvalue weighted by molar-refractivity contribution is 5.81. The summed E-state index contributed by atoms with van der Waals surface area (Å²) in [5.74, 6) is 1.41. The lowest BCUT2D eigenvalue weighted by Crippen LogP contribution is -2.10. The minimum Gasteiger partial charge on any atom is -0.366 e. The number of hydrogen-bond donors (Lipinski definition) is 4. The van der Waals surface area contributed by atoms with Crippen molar-refractivity contribution < 1.29 is 0 Å². The van der Waals surface area contributed by atoms with Crippen molar-refractivity contribution in [3.63, 3.8) is 0 Å². The second-order valence-electron chi connectivity index (χ2n) is 8.33. The van der Waals surface area contributed by atoms with Crippen molar-refractivity contribution in [3.05, 3.63) is 83.8 Å². The third kappa shape index (κ3) is 4.58. The highest BCUT2D eigenvalue weighted by atomic mass is 15.1. The first-order valence-corrected chi connectivity index (χ1v) is 10.7. The fourth-order valence-corrected chi connectivity index (χ4v) is 3.91. The summed E-state index contributed by atoms with van der Waals surface area (Å²) >= 11 is 0. The molecule has 0 saturated heterocycles. The fourth-order valence-electron chi connectivity index (χ4n) is 3.91. The van der Waals surface area contributed by atoms with E-state index >= 15 is 0 Å². The van der Waals surface area contributed by atoms with Crippen LogP contribution in [-0.4, -0.2) is 38.9 Å². The molecule has 162 valence electrons. The molecule has 0 unspecified atom stereocenters. The van der Waals surface area contributed by atoms with E-state index in [9.17, 15) is 0 Å². The number of benzene rings is 2. The molecule has 32 heavy (non-hydrogen) atoms. The lowest BCUT2D eigenvalue weighted by Gasteiger charge is -2.09. The Morgan fingerprint density at radius 2 is 1.62 bits per heavy atom. The smallest absolute Gasteiger partial charge is 0.224 e. The predicted octanol–water partition coefficient (Wildman–Crippen LogP) is 4.73. The summed E-state index contributed by atoms with van der Waals surface area (Å²) < 4.78 is 0. The number of nitrogens with zero attached hydrogens (tertiary/aromatic N) is 3. The minimum atomic E-state index is 0.610. The molecule has 2 aromatic carbocycles. The predicted molar refractivity (Wildman–Crippen MR) is 131 cm³/mol. The van der Waals surface area contributed by atoms with Crippen LogP contribution in [0.25, 0.3) is 21.8 Å². The fraction of sp³-hybridized carbons (Fsp3) is 0.200. The largest absolute Gasteiger partial charge is 0.366 e. The number of anilines is 2. The summed E-state index contributed by atoms with van der Waals surface area (Å²) in [6.07, 6.45) is 3.73. The molecule has 7 heteroatoms. The average Bonchev–Trinajstić information content (AvgIpc) is 3.41. The quantitative estimate of drug-likeness (QED) is 0.289. The van der Waals surface area contributed by atoms with Crippen LogP contribution in [0.2, 0.25) is 0 Å². The van der Waals surface area contributed by atoms with Gasteiger partial charge in [-0.3, -0.25) is 0 Å². The zero-order valence-corrected chi connectivity index (χ0v) is 18.3. The van der Waals surface area contributed by atoms with Gasteiger partial charge in [-0.1, -0.05) is 12.1 Å². The van der Waals surface area contributed by atoms with Crippen LogP contribution in [0.4, 0.5) is 11.8 Å². The maximum Gasteiger partial charge on any atom is 0.224 e. The van der Waals surface area contributed by atoms with Crippen LogP contribution in [0.1, 0.15) is 16.8 Å². The highest BCUT2D eigenvalue weighted by Crippen LogP contribution is 2.19. The Hall–Kier alpha value is -3.84. The maximum absolute atomic E-state index is 4.60. The molecule has 0 atom stereocenters. The van der Waals surface area contributed by atoms with Crippen LogP contribution in [0.5, 0.6) is 0 Å². The van der Waals surface area contributed by atoms with Crippen molar-refractivity contribution in [2.75, 3.05) is 24.7 Å². The summed E-state index contributed by atoms with van der Waals surface area (Å²) in [7, 11) is 4.15. The molecule has 0 spiro atoms. The molecule has 0 aliphatic heterocycles. The van der Waals surface area contributed by atoms with Crippen molar-refractivity contribution in [2.45, 2.75) is 19.6 Å². The minimum absolute atomic E-state index is 0.610. The molecule has 3 heterocycles. The van der Waals surface area contributed by atoms with Crippen LogP contribution in [0.3, 0.4) is 0 Å². The summed E-state index contributed by atoms with van der Waals surface area (Å²) in [4.78, 5) is 17.8. The topological polar surface area (TPSA) is 84.7 Å². The van der Waals surface area contributed by atoms with E-state index < -0.39 is 0 Å². The van der Waals surface area contributed by atoms with Crippen LogP contribution in [0.15, 0.2) is 67.0 Å². The van der Waals surface area contributed by atoms with E-state index in [0.29, 0.717) is 19.0 Å². The number of H-pyrrole nitrogens is 2. The van der Waals surface area contributed by atoms with Gasteiger partial charge in [-0.05, 0) is 73.1 Å². The maximum atomic E-state index is 4.60. The Labute approximate surface area is 186 Å². The highest BCUT2D eigenvalue weighted by Gasteiger charge is 2.05. The standard InChI is InChI=1S/C25H27N7/c1-32(2)16-21-13-20-12-18(4-6-23(20)30-21)15-29-25-27-10-8-24(31-25)28-14-17-3-5-22-19(11-17)7-9-26-22/h3-13,26,30H,14-16H2,1-2H3,(H2,27,28,29,31). The van der Waals surface area contributed by atoms with Gasteiger partial charge in [-0.25, -0.2) is 4.98 Å². The Morgan fingerprint density at radius 3 is 2.47 bits per heavy atom. The molecule has 0 aliphatic rings. The summed E-state index contributed by atoms with van der Waals surface area (Å²) in [5, 5.41) is 9.16. The second kappa shape index (κ2) is 8.72. The van der Waals surface area contributed by atoms with Crippen LogP contribution in [-0.2, 0) is 19.6 Å². The lowest BCUT2D eigenvalue weighted by atomic mass is 10.1. The molecule has 0 amide bonds.